The van der Waals surface area contributed by atoms with E-state index in [-0.39, 0.29) is 29.9 Å². The van der Waals surface area contributed by atoms with Crippen molar-refractivity contribution in [2.75, 3.05) is 14.2 Å². The number of aromatic nitrogens is 3. The molecule has 0 aliphatic heterocycles. The van der Waals surface area contributed by atoms with Gasteiger partial charge in [-0.3, -0.25) is 19.3 Å². The van der Waals surface area contributed by atoms with E-state index in [2.05, 4.69) is 36.2 Å². The maximum absolute atomic E-state index is 13.0. The molecule has 0 aliphatic rings. The third-order valence-corrected chi connectivity index (χ3v) is 6.80. The summed E-state index contributed by atoms with van der Waals surface area (Å²) in [7, 11) is 3.06. The summed E-state index contributed by atoms with van der Waals surface area (Å²) in [6, 6.07) is 12.4. The van der Waals surface area contributed by atoms with E-state index in [0.717, 1.165) is 17.0 Å². The Kier molecular flexibility index (Phi) is 8.25. The van der Waals surface area contributed by atoms with E-state index in [9.17, 15) is 9.59 Å². The lowest BCUT2D eigenvalue weighted by Gasteiger charge is -2.14. The van der Waals surface area contributed by atoms with Crippen LogP contribution >= 0.6 is 11.6 Å². The number of nitrogens with one attached hydrogen (secondary N) is 1. The first-order valence-corrected chi connectivity index (χ1v) is 13.2. The molecule has 8 nitrogen and oxygen atoms in total. The number of hydrogen-bond donors (Lipinski definition) is 1. The highest BCUT2D eigenvalue weighted by Crippen LogP contribution is 2.34. The molecule has 0 saturated heterocycles. The van der Waals surface area contributed by atoms with E-state index in [1.165, 1.54) is 7.11 Å². The van der Waals surface area contributed by atoms with Gasteiger partial charge in [-0.2, -0.15) is 5.10 Å². The van der Waals surface area contributed by atoms with Crippen molar-refractivity contribution in [1.82, 2.24) is 20.1 Å². The second kappa shape index (κ2) is 11.5. The second-order valence-corrected chi connectivity index (χ2v) is 10.7. The Labute approximate surface area is 233 Å². The normalized spacial score (nSPS) is 11.5. The SMILES string of the molecule is CCn1nc(C(C)(C)C)cc1CC(=O)Cc1ccc(Oc2ccnc3cc(OC)c(C(=O)NC)cc23)cc1Cl. The average molecular weight is 549 g/mol. The van der Waals surface area contributed by atoms with Crippen LogP contribution in [0.2, 0.25) is 5.02 Å². The maximum atomic E-state index is 13.0. The van der Waals surface area contributed by atoms with Crippen LogP contribution in [-0.4, -0.2) is 40.6 Å². The minimum absolute atomic E-state index is 0.0523. The lowest BCUT2D eigenvalue weighted by atomic mass is 9.92. The van der Waals surface area contributed by atoms with Crippen molar-refractivity contribution in [3.63, 3.8) is 0 Å². The van der Waals surface area contributed by atoms with Crippen LogP contribution in [0, 0.1) is 0 Å². The van der Waals surface area contributed by atoms with Crippen LogP contribution in [0.25, 0.3) is 10.9 Å². The van der Waals surface area contributed by atoms with Gasteiger partial charge in [-0.05, 0) is 42.8 Å². The van der Waals surface area contributed by atoms with Crippen LogP contribution in [0.3, 0.4) is 0 Å². The van der Waals surface area contributed by atoms with Gasteiger partial charge in [0.2, 0.25) is 0 Å². The van der Waals surface area contributed by atoms with E-state index < -0.39 is 0 Å². The molecule has 2 heterocycles. The van der Waals surface area contributed by atoms with E-state index in [1.807, 2.05) is 17.7 Å². The maximum Gasteiger partial charge on any atom is 0.254 e. The number of carbonyl (C=O) groups is 2. The van der Waals surface area contributed by atoms with Gasteiger partial charge in [-0.25, -0.2) is 0 Å². The van der Waals surface area contributed by atoms with Crippen molar-refractivity contribution in [2.45, 2.75) is 52.5 Å². The van der Waals surface area contributed by atoms with Crippen LogP contribution in [0.4, 0.5) is 0 Å². The molecule has 0 atom stereocenters. The van der Waals surface area contributed by atoms with Gasteiger partial charge in [0.1, 0.15) is 23.0 Å². The summed E-state index contributed by atoms with van der Waals surface area (Å²) in [6.07, 6.45) is 2.11. The van der Waals surface area contributed by atoms with Gasteiger partial charge < -0.3 is 14.8 Å². The van der Waals surface area contributed by atoms with E-state index in [4.69, 9.17) is 21.1 Å². The Hall–Kier alpha value is -3.91. The first-order valence-electron chi connectivity index (χ1n) is 12.8. The van der Waals surface area contributed by atoms with Gasteiger partial charge in [-0.15, -0.1) is 0 Å². The summed E-state index contributed by atoms with van der Waals surface area (Å²) in [6.45, 7) is 9.04. The molecular formula is C30H33ClN4O4. The number of ketones is 1. The third kappa shape index (κ3) is 6.23. The minimum atomic E-state index is -0.280. The van der Waals surface area contributed by atoms with Gasteiger partial charge in [0.25, 0.3) is 5.91 Å². The molecule has 0 fully saturated rings. The Balaban J connectivity index is 1.53. The molecule has 9 heteroatoms. The molecule has 204 valence electrons. The molecule has 0 unspecified atom stereocenters. The summed E-state index contributed by atoms with van der Waals surface area (Å²) in [4.78, 5) is 29.7. The third-order valence-electron chi connectivity index (χ3n) is 6.44. The van der Waals surface area contributed by atoms with Gasteiger partial charge in [-0.1, -0.05) is 38.4 Å². The molecule has 4 aromatic rings. The predicted octanol–water partition coefficient (Wildman–Crippen LogP) is 5.92. The van der Waals surface area contributed by atoms with Crippen molar-refractivity contribution < 1.29 is 19.1 Å². The highest BCUT2D eigenvalue weighted by atomic mass is 35.5. The Bertz CT molecular complexity index is 1540. The number of benzene rings is 2. The number of nitrogens with zero attached hydrogens (tertiary/aromatic N) is 3. The number of halogens is 1. The fraction of sp³-hybridized carbons (Fsp3) is 0.333. The molecule has 1 N–H and O–H groups in total. The van der Waals surface area contributed by atoms with E-state index in [0.29, 0.717) is 45.3 Å². The van der Waals surface area contributed by atoms with Crippen molar-refractivity contribution in [2.24, 2.45) is 0 Å². The first-order chi connectivity index (χ1) is 18.5. The van der Waals surface area contributed by atoms with Gasteiger partial charge >= 0.3 is 0 Å². The molecule has 0 radical (unpaired) electrons. The van der Waals surface area contributed by atoms with Crippen LogP contribution < -0.4 is 14.8 Å². The number of amides is 1. The molecule has 2 aromatic heterocycles. The number of ether oxygens (including phenoxy) is 2. The predicted molar refractivity (Wildman–Crippen MR) is 152 cm³/mol. The van der Waals surface area contributed by atoms with E-state index in [1.54, 1.807) is 49.6 Å². The number of hydrogen-bond acceptors (Lipinski definition) is 6. The number of fused-ring (bicyclic) bond motifs is 1. The zero-order valence-electron chi connectivity index (χ0n) is 23.1. The van der Waals surface area contributed by atoms with Crippen LogP contribution in [0.15, 0.2) is 48.7 Å². The van der Waals surface area contributed by atoms with Crippen molar-refractivity contribution in [3.05, 3.63) is 76.2 Å². The largest absolute Gasteiger partial charge is 0.496 e. The Morgan fingerprint density at radius 2 is 1.82 bits per heavy atom. The highest BCUT2D eigenvalue weighted by molar-refractivity contribution is 6.31. The topological polar surface area (TPSA) is 95.3 Å². The molecule has 4 rings (SSSR count). The quantitative estimate of drug-likeness (QED) is 0.279. The monoisotopic (exact) mass is 548 g/mol. The molecule has 2 aromatic carbocycles. The van der Waals surface area contributed by atoms with Gasteiger partial charge in [0, 0.05) is 60.2 Å². The van der Waals surface area contributed by atoms with Gasteiger partial charge in [0.15, 0.2) is 0 Å². The summed E-state index contributed by atoms with van der Waals surface area (Å²) < 4.78 is 13.4. The van der Waals surface area contributed by atoms with Crippen molar-refractivity contribution >= 4 is 34.2 Å². The summed E-state index contributed by atoms with van der Waals surface area (Å²) in [5.74, 6) is 1.20. The van der Waals surface area contributed by atoms with Crippen molar-refractivity contribution in [1.29, 1.82) is 0 Å². The average Bonchev–Trinajstić information content (AvgIpc) is 3.32. The molecule has 0 saturated carbocycles. The van der Waals surface area contributed by atoms with Gasteiger partial charge in [0.05, 0.1) is 23.9 Å². The summed E-state index contributed by atoms with van der Waals surface area (Å²) in [5, 5.41) is 8.37. The molecule has 1 amide bonds. The number of carbonyl (C=O) groups excluding carboxylic acids is 2. The summed E-state index contributed by atoms with van der Waals surface area (Å²) >= 11 is 6.58. The molecule has 0 spiro atoms. The zero-order valence-corrected chi connectivity index (χ0v) is 23.8. The first kappa shape index (κ1) is 28.1. The van der Waals surface area contributed by atoms with Crippen molar-refractivity contribution in [3.8, 4) is 17.2 Å². The van der Waals surface area contributed by atoms with Crippen LogP contribution in [0.5, 0.6) is 17.2 Å². The molecule has 39 heavy (non-hydrogen) atoms. The number of methoxy groups -OCH3 is 1. The fourth-order valence-electron chi connectivity index (χ4n) is 4.30. The smallest absolute Gasteiger partial charge is 0.254 e. The number of rotatable bonds is 9. The molecular weight excluding hydrogens is 516 g/mol. The standard InChI is InChI=1S/C30H33ClN4O4/c1-7-35-19(14-28(34-35)30(2,3)4)13-20(36)12-18-8-9-21(15-24(18)31)39-26-10-11-33-25-17-27(38-6)23(16-22(25)26)29(37)32-5/h8-11,14-17H,7,12-13H2,1-6H3,(H,32,37). The zero-order chi connectivity index (χ0) is 28.3. The van der Waals surface area contributed by atoms with Crippen LogP contribution in [0.1, 0.15) is 55.0 Å². The molecule has 0 bridgehead atoms. The Morgan fingerprint density at radius 3 is 2.46 bits per heavy atom. The highest BCUT2D eigenvalue weighted by Gasteiger charge is 2.21. The lowest BCUT2D eigenvalue weighted by molar-refractivity contribution is -0.117. The lowest BCUT2D eigenvalue weighted by Crippen LogP contribution is -2.18. The second-order valence-electron chi connectivity index (χ2n) is 10.3. The number of Topliss-reactive ketones (excluding diaryl/α,β-unsaturated/α-hetero) is 1. The number of pyridine rings is 1. The number of aryl methyl sites for hydroxylation is 1. The minimum Gasteiger partial charge on any atom is -0.496 e. The fourth-order valence-corrected chi connectivity index (χ4v) is 4.53. The van der Waals surface area contributed by atoms with Crippen LogP contribution in [-0.2, 0) is 29.6 Å². The Morgan fingerprint density at radius 1 is 1.05 bits per heavy atom. The van der Waals surface area contributed by atoms with E-state index >= 15 is 0 Å². The molecule has 0 aliphatic carbocycles. The summed E-state index contributed by atoms with van der Waals surface area (Å²) in [5.41, 5.74) is 3.49.